The number of aromatic amines is 1. The molecule has 0 atom stereocenters. The Labute approximate surface area is 145 Å². The van der Waals surface area contributed by atoms with E-state index in [1.807, 2.05) is 54.3 Å². The first-order valence-electron chi connectivity index (χ1n) is 6.59. The zero-order chi connectivity index (χ0) is 14.7. The van der Waals surface area contributed by atoms with E-state index in [9.17, 15) is 4.79 Å². The fraction of sp³-hybridized carbons (Fsp3) is 0.0625. The van der Waals surface area contributed by atoms with Crippen LogP contribution < -0.4 is 9.99 Å². The zero-order valence-corrected chi connectivity index (χ0v) is 14.3. The Balaban J connectivity index is 0.00000176. The number of carbonyl (C=O) groups is 1. The fourth-order valence-corrected chi connectivity index (χ4v) is 2.15. The summed E-state index contributed by atoms with van der Waals surface area (Å²) in [6.45, 7) is 0. The highest BCUT2D eigenvalue weighted by molar-refractivity contribution is 14.0. The number of hydrazone groups is 1. The van der Waals surface area contributed by atoms with Gasteiger partial charge in [0.2, 0.25) is 0 Å². The van der Waals surface area contributed by atoms with Crippen LogP contribution in [0.1, 0.15) is 15.9 Å². The third-order valence-electron chi connectivity index (χ3n) is 3.19. The summed E-state index contributed by atoms with van der Waals surface area (Å²) in [5, 5.41) is 5.09. The van der Waals surface area contributed by atoms with Crippen molar-refractivity contribution in [2.75, 3.05) is 0 Å². The first kappa shape index (κ1) is 16.2. The van der Waals surface area contributed by atoms with Crippen LogP contribution in [0.25, 0.3) is 10.9 Å². The van der Waals surface area contributed by atoms with Crippen LogP contribution in [-0.2, 0) is 7.05 Å². The van der Waals surface area contributed by atoms with Crippen molar-refractivity contribution in [2.45, 2.75) is 0 Å². The highest BCUT2D eigenvalue weighted by atomic mass is 127. The lowest BCUT2D eigenvalue weighted by Crippen LogP contribution is -2.29. The van der Waals surface area contributed by atoms with E-state index in [1.165, 1.54) is 0 Å². The lowest BCUT2D eigenvalue weighted by atomic mass is 10.2. The predicted octanol–water partition coefficient (Wildman–Crippen LogP) is 2.37. The van der Waals surface area contributed by atoms with Crippen LogP contribution in [0.15, 0.2) is 60.1 Å². The number of hydrogen-bond donors (Lipinski definition) is 2. The smallest absolute Gasteiger partial charge is 0.277 e. The minimum atomic E-state index is -0.234. The molecule has 0 aliphatic rings. The average Bonchev–Trinajstić information content (AvgIpc) is 2.91. The summed E-state index contributed by atoms with van der Waals surface area (Å²) in [4.78, 5) is 15.1. The van der Waals surface area contributed by atoms with Crippen LogP contribution >= 0.6 is 24.0 Å². The Morgan fingerprint density at radius 2 is 2.09 bits per heavy atom. The molecule has 0 aliphatic heterocycles. The maximum Gasteiger partial charge on any atom is 0.277 e. The van der Waals surface area contributed by atoms with E-state index in [2.05, 4.69) is 15.5 Å². The topological polar surface area (TPSA) is 61.1 Å². The monoisotopic (exact) mass is 407 g/mol. The summed E-state index contributed by atoms with van der Waals surface area (Å²) < 4.78 is 1.82. The van der Waals surface area contributed by atoms with Gasteiger partial charge in [-0.05, 0) is 12.1 Å². The van der Waals surface area contributed by atoms with Gasteiger partial charge >= 0.3 is 0 Å². The Hall–Kier alpha value is -2.22. The first-order valence-corrected chi connectivity index (χ1v) is 6.59. The van der Waals surface area contributed by atoms with Gasteiger partial charge in [0.15, 0.2) is 12.4 Å². The molecule has 0 spiro atoms. The van der Waals surface area contributed by atoms with Crippen LogP contribution in [0.3, 0.4) is 0 Å². The second-order valence-electron chi connectivity index (χ2n) is 4.75. The lowest BCUT2D eigenvalue weighted by Gasteiger charge is -1.97. The standard InChI is InChI=1S/C16H14N4O.HI/c1-20-8-4-5-12(11-20)16(21)19-18-10-13-9-17-15-7-3-2-6-14(13)15;/h2-11H,1H3,(H-,17,18,19,21);1H/p+1. The summed E-state index contributed by atoms with van der Waals surface area (Å²) in [7, 11) is 1.87. The van der Waals surface area contributed by atoms with Crippen molar-refractivity contribution >= 4 is 47.0 Å². The molecule has 0 radical (unpaired) electrons. The number of halogens is 1. The molecule has 0 saturated carbocycles. The molecule has 3 aromatic rings. The Bertz CT molecular complexity index is 826. The van der Waals surface area contributed by atoms with Gasteiger partial charge in [0.1, 0.15) is 12.6 Å². The predicted molar refractivity (Wildman–Crippen MR) is 96.4 cm³/mol. The number of rotatable bonds is 3. The van der Waals surface area contributed by atoms with Crippen molar-refractivity contribution in [3.63, 3.8) is 0 Å². The molecule has 1 amide bonds. The lowest BCUT2D eigenvalue weighted by molar-refractivity contribution is -0.671. The van der Waals surface area contributed by atoms with Crippen molar-refractivity contribution in [2.24, 2.45) is 12.1 Å². The molecule has 2 N–H and O–H groups in total. The van der Waals surface area contributed by atoms with Gasteiger partial charge in [-0.3, -0.25) is 4.79 Å². The van der Waals surface area contributed by atoms with Crippen molar-refractivity contribution in [3.8, 4) is 0 Å². The van der Waals surface area contributed by atoms with Crippen LogP contribution in [0, 0.1) is 0 Å². The van der Waals surface area contributed by atoms with E-state index in [0.717, 1.165) is 16.5 Å². The fourth-order valence-electron chi connectivity index (χ4n) is 2.15. The van der Waals surface area contributed by atoms with Crippen LogP contribution in [0.2, 0.25) is 0 Å². The van der Waals surface area contributed by atoms with Crippen molar-refractivity contribution in [1.29, 1.82) is 0 Å². The number of hydrogen-bond acceptors (Lipinski definition) is 2. The molecule has 6 heteroatoms. The molecule has 0 bridgehead atoms. The van der Waals surface area contributed by atoms with Gasteiger partial charge in [0.25, 0.3) is 5.91 Å². The normalized spacial score (nSPS) is 10.6. The molecule has 2 heterocycles. The van der Waals surface area contributed by atoms with Gasteiger partial charge in [-0.25, -0.2) is 9.99 Å². The van der Waals surface area contributed by atoms with Crippen molar-refractivity contribution < 1.29 is 9.36 Å². The van der Waals surface area contributed by atoms with Gasteiger partial charge in [0.05, 0.1) is 6.21 Å². The SMILES string of the molecule is C[n+]1cccc(C(=O)N/N=C/c2c[nH]c3ccccc23)c1.I. The number of amides is 1. The molecule has 0 unspecified atom stereocenters. The third-order valence-corrected chi connectivity index (χ3v) is 3.19. The van der Waals surface area contributed by atoms with Gasteiger partial charge in [-0.2, -0.15) is 5.10 Å². The van der Waals surface area contributed by atoms with Crippen LogP contribution in [-0.4, -0.2) is 17.1 Å². The summed E-state index contributed by atoms with van der Waals surface area (Å²) in [6, 6.07) is 11.5. The summed E-state index contributed by atoms with van der Waals surface area (Å²) in [5.41, 5.74) is 5.07. The van der Waals surface area contributed by atoms with Crippen molar-refractivity contribution in [1.82, 2.24) is 10.4 Å². The van der Waals surface area contributed by atoms with Crippen molar-refractivity contribution in [3.05, 3.63) is 66.1 Å². The molecule has 2 aromatic heterocycles. The molecule has 22 heavy (non-hydrogen) atoms. The molecular weight excluding hydrogens is 391 g/mol. The van der Waals surface area contributed by atoms with Gasteiger partial charge < -0.3 is 4.98 Å². The van der Waals surface area contributed by atoms with E-state index in [-0.39, 0.29) is 29.9 Å². The average molecular weight is 407 g/mol. The third kappa shape index (κ3) is 3.51. The number of para-hydroxylation sites is 1. The van der Waals surface area contributed by atoms with E-state index >= 15 is 0 Å². The molecule has 0 aliphatic carbocycles. The van der Waals surface area contributed by atoms with Gasteiger partial charge in [-0.1, -0.05) is 18.2 Å². The van der Waals surface area contributed by atoms with Gasteiger partial charge in [0, 0.05) is 28.7 Å². The first-order chi connectivity index (χ1) is 10.2. The second kappa shape index (κ2) is 7.17. The minimum absolute atomic E-state index is 0. The number of carbonyl (C=O) groups excluding carboxylic acids is 1. The van der Waals surface area contributed by atoms with E-state index in [0.29, 0.717) is 5.56 Å². The number of H-pyrrole nitrogens is 1. The maximum atomic E-state index is 11.9. The Kier molecular flexibility index (Phi) is 5.26. The molecule has 3 rings (SSSR count). The number of benzene rings is 1. The van der Waals surface area contributed by atoms with Crippen LogP contribution in [0.5, 0.6) is 0 Å². The number of pyridine rings is 1. The number of nitrogens with zero attached hydrogens (tertiary/aromatic N) is 2. The van der Waals surface area contributed by atoms with Crippen LogP contribution in [0.4, 0.5) is 0 Å². The molecule has 0 saturated heterocycles. The summed E-state index contributed by atoms with van der Waals surface area (Å²) >= 11 is 0. The maximum absolute atomic E-state index is 11.9. The molecular formula is C16H16IN4O+. The number of nitrogens with one attached hydrogen (secondary N) is 2. The molecule has 112 valence electrons. The number of aryl methyl sites for hydroxylation is 1. The van der Waals surface area contributed by atoms with E-state index in [1.54, 1.807) is 18.5 Å². The Morgan fingerprint density at radius 3 is 2.91 bits per heavy atom. The quantitative estimate of drug-likeness (QED) is 0.298. The molecule has 0 fully saturated rings. The summed E-state index contributed by atoms with van der Waals surface area (Å²) in [6.07, 6.45) is 7.12. The van der Waals surface area contributed by atoms with E-state index in [4.69, 9.17) is 0 Å². The second-order valence-corrected chi connectivity index (χ2v) is 4.75. The minimum Gasteiger partial charge on any atom is -0.361 e. The number of fused-ring (bicyclic) bond motifs is 1. The summed E-state index contributed by atoms with van der Waals surface area (Å²) in [5.74, 6) is -0.234. The van der Waals surface area contributed by atoms with Gasteiger partial charge in [-0.15, -0.1) is 24.0 Å². The highest BCUT2D eigenvalue weighted by Crippen LogP contribution is 2.15. The molecule has 1 aromatic carbocycles. The highest BCUT2D eigenvalue weighted by Gasteiger charge is 2.07. The molecule has 5 nitrogen and oxygen atoms in total. The zero-order valence-electron chi connectivity index (χ0n) is 12.0. The number of aromatic nitrogens is 2. The van der Waals surface area contributed by atoms with E-state index < -0.39 is 0 Å². The largest absolute Gasteiger partial charge is 0.361 e. The Morgan fingerprint density at radius 1 is 1.27 bits per heavy atom.